The summed E-state index contributed by atoms with van der Waals surface area (Å²) in [6, 6.07) is 9.13. The van der Waals surface area contributed by atoms with Crippen molar-refractivity contribution < 1.29 is 24.1 Å². The second-order valence-corrected chi connectivity index (χ2v) is 9.33. The molecule has 3 aliphatic rings. The number of benzene rings is 1. The summed E-state index contributed by atoms with van der Waals surface area (Å²) < 4.78 is 17.9. The molecule has 1 aliphatic heterocycles. The molecule has 0 amide bonds. The Morgan fingerprint density at radius 1 is 1.25 bits per heavy atom. The van der Waals surface area contributed by atoms with E-state index >= 15 is 0 Å². The van der Waals surface area contributed by atoms with Gasteiger partial charge < -0.3 is 19.3 Å². The summed E-state index contributed by atoms with van der Waals surface area (Å²) >= 11 is 0. The van der Waals surface area contributed by atoms with E-state index in [0.29, 0.717) is 37.0 Å². The van der Waals surface area contributed by atoms with Crippen LogP contribution in [0.15, 0.2) is 42.5 Å². The summed E-state index contributed by atoms with van der Waals surface area (Å²) in [5.74, 6) is 6.18. The summed E-state index contributed by atoms with van der Waals surface area (Å²) in [4.78, 5) is 12.7. The molecule has 0 aromatic heterocycles. The smallest absolute Gasteiger partial charge is 0.338 e. The van der Waals surface area contributed by atoms with Gasteiger partial charge in [0, 0.05) is 31.6 Å². The van der Waals surface area contributed by atoms with E-state index in [9.17, 15) is 9.90 Å². The highest BCUT2D eigenvalue weighted by molar-refractivity contribution is 5.89. The predicted octanol–water partition coefficient (Wildman–Crippen LogP) is 4.36. The van der Waals surface area contributed by atoms with Crippen LogP contribution in [0.3, 0.4) is 0 Å². The quantitative estimate of drug-likeness (QED) is 0.406. The second kappa shape index (κ2) is 10.2. The Kier molecular flexibility index (Phi) is 7.35. The molecule has 1 N–H and O–H groups in total. The van der Waals surface area contributed by atoms with Crippen molar-refractivity contribution in [1.29, 1.82) is 0 Å². The first-order valence-electron chi connectivity index (χ1n) is 11.9. The minimum Gasteiger partial charge on any atom is -0.458 e. The van der Waals surface area contributed by atoms with E-state index in [4.69, 9.17) is 14.2 Å². The number of esters is 1. The molecule has 6 atom stereocenters. The molecule has 5 nitrogen and oxygen atoms in total. The van der Waals surface area contributed by atoms with Crippen LogP contribution in [0.5, 0.6) is 0 Å². The van der Waals surface area contributed by atoms with Crippen molar-refractivity contribution in [1.82, 2.24) is 0 Å². The fraction of sp³-hybridized carbons (Fsp3) is 0.593. The maximum Gasteiger partial charge on any atom is 0.338 e. The fourth-order valence-corrected chi connectivity index (χ4v) is 5.42. The van der Waals surface area contributed by atoms with E-state index in [1.54, 1.807) is 12.1 Å². The molecule has 172 valence electrons. The minimum absolute atomic E-state index is 0.0309. The molecule has 0 radical (unpaired) electrons. The van der Waals surface area contributed by atoms with Crippen LogP contribution >= 0.6 is 0 Å². The molecule has 1 aromatic carbocycles. The number of carbonyl (C=O) groups excluding carboxylic acids is 1. The van der Waals surface area contributed by atoms with Gasteiger partial charge in [0.1, 0.15) is 6.10 Å². The number of ether oxygens (including phenoxy) is 3. The third-order valence-corrected chi connectivity index (χ3v) is 7.10. The van der Waals surface area contributed by atoms with Crippen LogP contribution in [0.25, 0.3) is 0 Å². The molecule has 3 fully saturated rings. The Morgan fingerprint density at radius 2 is 2.00 bits per heavy atom. The number of carbonyl (C=O) groups is 1. The lowest BCUT2D eigenvalue weighted by Crippen LogP contribution is -2.31. The number of hydrogen-bond donors (Lipinski definition) is 1. The van der Waals surface area contributed by atoms with Gasteiger partial charge >= 0.3 is 5.97 Å². The molecule has 1 spiro atoms. The minimum atomic E-state index is -0.583. The first-order chi connectivity index (χ1) is 15.5. The van der Waals surface area contributed by atoms with Crippen molar-refractivity contribution in [2.24, 2.45) is 23.7 Å². The van der Waals surface area contributed by atoms with E-state index in [2.05, 4.69) is 17.9 Å². The second-order valence-electron chi connectivity index (χ2n) is 9.33. The Balaban J connectivity index is 1.48. The first kappa shape index (κ1) is 23.0. The van der Waals surface area contributed by atoms with Crippen LogP contribution in [-0.4, -0.2) is 42.3 Å². The third-order valence-electron chi connectivity index (χ3n) is 7.10. The largest absolute Gasteiger partial charge is 0.458 e. The molecule has 5 heteroatoms. The normalized spacial score (nSPS) is 30.1. The van der Waals surface area contributed by atoms with Crippen LogP contribution in [0.1, 0.15) is 56.3 Å². The fourth-order valence-electron chi connectivity index (χ4n) is 5.42. The third kappa shape index (κ3) is 5.09. The molecule has 2 aliphatic carbocycles. The Bertz CT molecular complexity index is 861. The number of fused-ring (bicyclic) bond motifs is 1. The average Bonchev–Trinajstić information content (AvgIpc) is 3.48. The SMILES string of the molecule is CCC#CCC(C)[C@H](O)/C=C/[C@@H]1[C@H]2CC3(C[C@H]2C[C@H]1OC(=O)c1ccccc1)OCCO3. The van der Waals surface area contributed by atoms with Crippen molar-refractivity contribution in [2.45, 2.75) is 63.9 Å². The van der Waals surface area contributed by atoms with Crippen molar-refractivity contribution in [3.05, 3.63) is 48.0 Å². The molecular formula is C27H34O5. The molecular weight excluding hydrogens is 404 g/mol. The van der Waals surface area contributed by atoms with Gasteiger partial charge in [0.05, 0.1) is 24.9 Å². The summed E-state index contributed by atoms with van der Waals surface area (Å²) in [5.41, 5.74) is 0.564. The van der Waals surface area contributed by atoms with Gasteiger partial charge in [-0.2, -0.15) is 0 Å². The highest BCUT2D eigenvalue weighted by Gasteiger charge is 2.57. The maximum atomic E-state index is 12.7. The molecule has 2 saturated carbocycles. The Labute approximate surface area is 191 Å². The van der Waals surface area contributed by atoms with Gasteiger partial charge in [-0.1, -0.05) is 44.2 Å². The molecule has 1 unspecified atom stereocenters. The van der Waals surface area contributed by atoms with Crippen molar-refractivity contribution in [2.75, 3.05) is 13.2 Å². The maximum absolute atomic E-state index is 12.7. The first-order valence-corrected chi connectivity index (χ1v) is 11.9. The lowest BCUT2D eigenvalue weighted by molar-refractivity contribution is -0.157. The van der Waals surface area contributed by atoms with Crippen molar-refractivity contribution in [3.63, 3.8) is 0 Å². The van der Waals surface area contributed by atoms with Crippen LogP contribution in [-0.2, 0) is 14.2 Å². The molecule has 4 rings (SSSR count). The van der Waals surface area contributed by atoms with Gasteiger partial charge in [-0.3, -0.25) is 0 Å². The molecule has 1 aromatic rings. The van der Waals surface area contributed by atoms with Crippen molar-refractivity contribution in [3.8, 4) is 11.8 Å². The summed E-state index contributed by atoms with van der Waals surface area (Å²) in [6.07, 6.45) is 7.06. The van der Waals surface area contributed by atoms with Gasteiger partial charge in [0.15, 0.2) is 5.79 Å². The van der Waals surface area contributed by atoms with Gasteiger partial charge in [-0.05, 0) is 36.3 Å². The van der Waals surface area contributed by atoms with E-state index in [1.165, 1.54) is 0 Å². The number of aliphatic hydroxyl groups excluding tert-OH is 1. The molecule has 32 heavy (non-hydrogen) atoms. The van der Waals surface area contributed by atoms with E-state index in [1.807, 2.05) is 38.1 Å². The highest BCUT2D eigenvalue weighted by Crippen LogP contribution is 2.55. The van der Waals surface area contributed by atoms with Crippen LogP contribution in [0.4, 0.5) is 0 Å². The van der Waals surface area contributed by atoms with Gasteiger partial charge in [-0.15, -0.1) is 11.8 Å². The summed E-state index contributed by atoms with van der Waals surface area (Å²) in [5, 5.41) is 10.7. The lowest BCUT2D eigenvalue weighted by atomic mass is 9.89. The van der Waals surface area contributed by atoms with Crippen LogP contribution < -0.4 is 0 Å². The number of aliphatic hydroxyl groups is 1. The van der Waals surface area contributed by atoms with E-state index in [0.717, 1.165) is 25.7 Å². The van der Waals surface area contributed by atoms with Crippen LogP contribution in [0, 0.1) is 35.5 Å². The van der Waals surface area contributed by atoms with E-state index < -0.39 is 11.9 Å². The summed E-state index contributed by atoms with van der Waals surface area (Å²) in [7, 11) is 0. The number of rotatable bonds is 6. The summed E-state index contributed by atoms with van der Waals surface area (Å²) in [6.45, 7) is 5.31. The number of hydrogen-bond acceptors (Lipinski definition) is 5. The standard InChI is InChI=1S/C27H34O5/c1-3-4-6-9-19(2)24(28)13-12-22-23-18-27(30-14-15-31-27)17-21(23)16-25(22)32-26(29)20-10-7-5-8-11-20/h5,7-8,10-13,19,21-25,28H,3,9,14-18H2,1-2H3/b13-12+/t19?,21-,22-,23+,24-,25-/m1/s1. The molecule has 1 heterocycles. The monoisotopic (exact) mass is 438 g/mol. The van der Waals surface area contributed by atoms with Gasteiger partial charge in [-0.25, -0.2) is 4.79 Å². The van der Waals surface area contributed by atoms with Crippen molar-refractivity contribution >= 4 is 5.97 Å². The van der Waals surface area contributed by atoms with Gasteiger partial charge in [0.2, 0.25) is 0 Å². The lowest BCUT2D eigenvalue weighted by Gasteiger charge is -2.27. The van der Waals surface area contributed by atoms with Gasteiger partial charge in [0.25, 0.3) is 0 Å². The highest BCUT2D eigenvalue weighted by atomic mass is 16.7. The Hall–Kier alpha value is -2.13. The average molecular weight is 439 g/mol. The van der Waals surface area contributed by atoms with E-state index in [-0.39, 0.29) is 23.9 Å². The topological polar surface area (TPSA) is 65.0 Å². The molecule has 0 bridgehead atoms. The Morgan fingerprint density at radius 3 is 2.72 bits per heavy atom. The van der Waals surface area contributed by atoms with Crippen LogP contribution in [0.2, 0.25) is 0 Å². The zero-order valence-corrected chi connectivity index (χ0v) is 19.0. The molecule has 1 saturated heterocycles. The zero-order valence-electron chi connectivity index (χ0n) is 19.0. The predicted molar refractivity (Wildman–Crippen MR) is 122 cm³/mol. The zero-order chi connectivity index (χ0) is 22.6.